The Hall–Kier alpha value is -1.83. The Bertz CT molecular complexity index is 549. The first-order chi connectivity index (χ1) is 9.61. The second kappa shape index (κ2) is 6.56. The van der Waals surface area contributed by atoms with Gasteiger partial charge in [-0.2, -0.15) is 0 Å². The summed E-state index contributed by atoms with van der Waals surface area (Å²) in [5, 5.41) is 8.83. The minimum Gasteiger partial charge on any atom is -0.384 e. The molecule has 1 N–H and O–H groups in total. The number of aliphatic hydroxyl groups excluding tert-OH is 1. The van der Waals surface area contributed by atoms with E-state index in [1.54, 1.807) is 0 Å². The van der Waals surface area contributed by atoms with Gasteiger partial charge in [0.1, 0.15) is 6.61 Å². The third-order valence-corrected chi connectivity index (χ3v) is 3.50. The van der Waals surface area contributed by atoms with Gasteiger partial charge in [0.25, 0.3) is 5.91 Å². The molecule has 20 heavy (non-hydrogen) atoms. The normalized spacial score (nSPS) is 15.7. The molecule has 0 bridgehead atoms. The zero-order chi connectivity index (χ0) is 14.5. The van der Waals surface area contributed by atoms with Crippen molar-refractivity contribution in [2.24, 2.45) is 0 Å². The molecule has 0 aliphatic carbocycles. The highest BCUT2D eigenvalue weighted by molar-refractivity contribution is 5.97. The van der Waals surface area contributed by atoms with Crippen molar-refractivity contribution in [1.82, 2.24) is 9.80 Å². The summed E-state index contributed by atoms with van der Waals surface area (Å²) in [7, 11) is 2.06. The van der Waals surface area contributed by atoms with Gasteiger partial charge >= 0.3 is 0 Å². The molecule has 1 aliphatic rings. The average molecular weight is 272 g/mol. The number of rotatable bonds is 1. The number of piperazine rings is 1. The fraction of sp³-hybridized carbons (Fsp3) is 0.438. The lowest BCUT2D eigenvalue weighted by Crippen LogP contribution is -2.47. The number of aliphatic hydroxyl groups is 1. The van der Waals surface area contributed by atoms with Crippen LogP contribution in [0.15, 0.2) is 18.2 Å². The number of benzene rings is 1. The van der Waals surface area contributed by atoms with E-state index in [1.165, 1.54) is 0 Å². The van der Waals surface area contributed by atoms with Crippen LogP contribution in [0.1, 0.15) is 21.5 Å². The third-order valence-electron chi connectivity index (χ3n) is 3.50. The van der Waals surface area contributed by atoms with E-state index in [-0.39, 0.29) is 12.5 Å². The van der Waals surface area contributed by atoms with Crippen molar-refractivity contribution in [2.75, 3.05) is 39.8 Å². The Balaban J connectivity index is 2.25. The van der Waals surface area contributed by atoms with Crippen molar-refractivity contribution in [1.29, 1.82) is 0 Å². The number of carbonyl (C=O) groups is 1. The topological polar surface area (TPSA) is 43.8 Å². The Kier molecular flexibility index (Phi) is 4.78. The summed E-state index contributed by atoms with van der Waals surface area (Å²) in [4.78, 5) is 16.7. The van der Waals surface area contributed by atoms with Gasteiger partial charge in [0.2, 0.25) is 0 Å². The molecule has 1 aromatic rings. The van der Waals surface area contributed by atoms with Crippen LogP contribution in [-0.2, 0) is 0 Å². The van der Waals surface area contributed by atoms with Gasteiger partial charge in [-0.05, 0) is 31.7 Å². The summed E-state index contributed by atoms with van der Waals surface area (Å²) in [6.07, 6.45) is 0. The van der Waals surface area contributed by atoms with Crippen molar-refractivity contribution in [2.45, 2.75) is 6.92 Å². The monoisotopic (exact) mass is 272 g/mol. The van der Waals surface area contributed by atoms with Gasteiger partial charge in [0, 0.05) is 31.7 Å². The summed E-state index contributed by atoms with van der Waals surface area (Å²) in [5.74, 6) is 5.53. The summed E-state index contributed by atoms with van der Waals surface area (Å²) < 4.78 is 0. The quantitative estimate of drug-likeness (QED) is 0.766. The second-order valence-corrected chi connectivity index (χ2v) is 5.10. The van der Waals surface area contributed by atoms with Crippen LogP contribution in [0.5, 0.6) is 0 Å². The van der Waals surface area contributed by atoms with Crippen molar-refractivity contribution in [3.63, 3.8) is 0 Å². The van der Waals surface area contributed by atoms with Crippen molar-refractivity contribution >= 4 is 5.91 Å². The smallest absolute Gasteiger partial charge is 0.255 e. The summed E-state index contributed by atoms with van der Waals surface area (Å²) in [6.45, 7) is 5.06. The molecule has 106 valence electrons. The lowest BCUT2D eigenvalue weighted by atomic mass is 10.0. The summed E-state index contributed by atoms with van der Waals surface area (Å²) in [5.41, 5.74) is 2.38. The van der Waals surface area contributed by atoms with Crippen molar-refractivity contribution < 1.29 is 9.90 Å². The molecule has 4 nitrogen and oxygen atoms in total. The molecule has 4 heteroatoms. The van der Waals surface area contributed by atoms with E-state index in [0.717, 1.165) is 31.7 Å². The molecule has 0 atom stereocenters. The van der Waals surface area contributed by atoms with Crippen molar-refractivity contribution in [3.8, 4) is 11.8 Å². The van der Waals surface area contributed by atoms with Gasteiger partial charge in [-0.25, -0.2) is 0 Å². The van der Waals surface area contributed by atoms with E-state index in [2.05, 4.69) is 23.8 Å². The number of nitrogens with zero attached hydrogens (tertiary/aromatic N) is 2. The van der Waals surface area contributed by atoms with E-state index in [1.807, 2.05) is 30.0 Å². The lowest BCUT2D eigenvalue weighted by Gasteiger charge is -2.32. The maximum absolute atomic E-state index is 12.6. The molecule has 1 aliphatic heterocycles. The van der Waals surface area contributed by atoms with E-state index >= 15 is 0 Å². The van der Waals surface area contributed by atoms with Crippen LogP contribution in [0.2, 0.25) is 0 Å². The molecule has 1 aromatic carbocycles. The largest absolute Gasteiger partial charge is 0.384 e. The Morgan fingerprint density at radius 3 is 2.65 bits per heavy atom. The molecule has 0 spiro atoms. The zero-order valence-electron chi connectivity index (χ0n) is 12.0. The van der Waals surface area contributed by atoms with Crippen LogP contribution in [0, 0.1) is 18.8 Å². The maximum Gasteiger partial charge on any atom is 0.255 e. The van der Waals surface area contributed by atoms with E-state index < -0.39 is 0 Å². The number of hydrogen-bond acceptors (Lipinski definition) is 3. The van der Waals surface area contributed by atoms with Crippen LogP contribution in [0.25, 0.3) is 0 Å². The van der Waals surface area contributed by atoms with Gasteiger partial charge in [-0.15, -0.1) is 0 Å². The van der Waals surface area contributed by atoms with Crippen LogP contribution >= 0.6 is 0 Å². The first-order valence-electron chi connectivity index (χ1n) is 6.80. The number of likely N-dealkylation sites (N-methyl/N-ethyl adjacent to an activating group) is 1. The Labute approximate surface area is 120 Å². The number of amides is 1. The average Bonchev–Trinajstić information content (AvgIpc) is 2.45. The van der Waals surface area contributed by atoms with Gasteiger partial charge in [-0.1, -0.05) is 17.9 Å². The van der Waals surface area contributed by atoms with Gasteiger partial charge in [-0.3, -0.25) is 4.79 Å². The highest BCUT2D eigenvalue weighted by Gasteiger charge is 2.21. The Morgan fingerprint density at radius 2 is 2.00 bits per heavy atom. The predicted octanol–water partition coefficient (Wildman–Crippen LogP) is 0.726. The van der Waals surface area contributed by atoms with Crippen LogP contribution < -0.4 is 0 Å². The van der Waals surface area contributed by atoms with Gasteiger partial charge in [0.15, 0.2) is 0 Å². The van der Waals surface area contributed by atoms with E-state index in [0.29, 0.717) is 11.1 Å². The first-order valence-corrected chi connectivity index (χ1v) is 6.80. The Morgan fingerprint density at radius 1 is 1.30 bits per heavy atom. The fourth-order valence-electron chi connectivity index (χ4n) is 2.26. The zero-order valence-corrected chi connectivity index (χ0v) is 12.0. The molecule has 0 aromatic heterocycles. The van der Waals surface area contributed by atoms with Crippen LogP contribution in [-0.4, -0.2) is 60.6 Å². The number of carbonyl (C=O) groups excluding carboxylic acids is 1. The molecule has 0 saturated carbocycles. The summed E-state index contributed by atoms with van der Waals surface area (Å²) in [6, 6.07) is 5.65. The molecule has 1 amide bonds. The summed E-state index contributed by atoms with van der Waals surface area (Å²) >= 11 is 0. The predicted molar refractivity (Wildman–Crippen MR) is 78.5 cm³/mol. The van der Waals surface area contributed by atoms with Gasteiger partial charge < -0.3 is 14.9 Å². The van der Waals surface area contributed by atoms with Gasteiger partial charge in [0.05, 0.1) is 5.56 Å². The molecule has 0 radical (unpaired) electrons. The van der Waals surface area contributed by atoms with Crippen LogP contribution in [0.3, 0.4) is 0 Å². The standard InChI is InChI=1S/C16H20N2O2/c1-13-5-6-15(14(12-13)4-3-11-19)16(20)18-9-7-17(2)8-10-18/h5-6,12,19H,7-11H2,1-2H3. The minimum atomic E-state index is -0.198. The first kappa shape index (κ1) is 14.6. The molecule has 2 rings (SSSR count). The third kappa shape index (κ3) is 3.38. The molecule has 1 saturated heterocycles. The number of hydrogen-bond donors (Lipinski definition) is 1. The SMILES string of the molecule is Cc1ccc(C(=O)N2CCN(C)CC2)c(C#CCO)c1. The minimum absolute atomic E-state index is 0.0281. The second-order valence-electron chi connectivity index (χ2n) is 5.10. The highest BCUT2D eigenvalue weighted by atomic mass is 16.2. The molecule has 1 fully saturated rings. The van der Waals surface area contributed by atoms with Crippen molar-refractivity contribution in [3.05, 3.63) is 34.9 Å². The molecular formula is C16H20N2O2. The maximum atomic E-state index is 12.6. The number of aryl methyl sites for hydroxylation is 1. The lowest BCUT2D eigenvalue weighted by molar-refractivity contribution is 0.0664. The van der Waals surface area contributed by atoms with E-state index in [4.69, 9.17) is 5.11 Å². The fourth-order valence-corrected chi connectivity index (χ4v) is 2.26. The van der Waals surface area contributed by atoms with E-state index in [9.17, 15) is 4.79 Å². The molecule has 1 heterocycles. The molecule has 0 unspecified atom stereocenters. The van der Waals surface area contributed by atoms with Crippen LogP contribution in [0.4, 0.5) is 0 Å². The highest BCUT2D eigenvalue weighted by Crippen LogP contribution is 2.14. The molecular weight excluding hydrogens is 252 g/mol.